The molecule has 1 aliphatic carbocycles. The normalized spacial score (nSPS) is 27.3. The molecule has 2 unspecified atom stereocenters. The largest absolute Gasteiger partial charge is 0.391 e. The van der Waals surface area contributed by atoms with Crippen molar-refractivity contribution in [1.29, 1.82) is 0 Å². The molecule has 2 fully saturated rings. The number of hydrogen-bond acceptors (Lipinski definition) is 4. The van der Waals surface area contributed by atoms with Crippen molar-refractivity contribution < 1.29 is 14.6 Å². The Bertz CT molecular complexity index is 451. The molecule has 1 aliphatic heterocycles. The van der Waals surface area contributed by atoms with Crippen LogP contribution < -0.4 is 0 Å². The highest BCUT2D eigenvalue weighted by atomic mass is 16.5. The fourth-order valence-electron chi connectivity index (χ4n) is 4.65. The second-order valence-electron chi connectivity index (χ2n) is 9.92. The van der Waals surface area contributed by atoms with E-state index in [2.05, 4.69) is 39.2 Å². The van der Waals surface area contributed by atoms with Gasteiger partial charge in [-0.2, -0.15) is 0 Å². The Labute approximate surface area is 173 Å². The maximum Gasteiger partial charge on any atom is 0.0786 e. The third kappa shape index (κ3) is 8.14. The third-order valence-electron chi connectivity index (χ3n) is 6.97. The molecule has 4 heteroatoms. The monoisotopic (exact) mass is 395 g/mol. The summed E-state index contributed by atoms with van der Waals surface area (Å²) in [6.07, 6.45) is 9.39. The molecule has 1 saturated heterocycles. The topological polar surface area (TPSA) is 41.9 Å². The lowest BCUT2D eigenvalue weighted by Crippen LogP contribution is -2.36. The summed E-state index contributed by atoms with van der Waals surface area (Å²) in [7, 11) is 0. The van der Waals surface area contributed by atoms with Crippen LogP contribution in [-0.2, 0) is 9.47 Å². The van der Waals surface area contributed by atoms with Crippen LogP contribution >= 0.6 is 0 Å². The van der Waals surface area contributed by atoms with E-state index < -0.39 is 0 Å². The van der Waals surface area contributed by atoms with Crippen molar-refractivity contribution in [3.8, 4) is 0 Å². The summed E-state index contributed by atoms with van der Waals surface area (Å²) in [6.45, 7) is 17.3. The van der Waals surface area contributed by atoms with Crippen LogP contribution in [0.1, 0.15) is 79.1 Å². The first-order chi connectivity index (χ1) is 13.3. The smallest absolute Gasteiger partial charge is 0.0786 e. The molecule has 0 aromatic carbocycles. The van der Waals surface area contributed by atoms with E-state index in [0.717, 1.165) is 63.4 Å². The minimum absolute atomic E-state index is 0.331. The van der Waals surface area contributed by atoms with Gasteiger partial charge in [0, 0.05) is 26.2 Å². The number of nitrogens with zero attached hydrogens (tertiary/aromatic N) is 1. The zero-order valence-electron chi connectivity index (χ0n) is 18.9. The van der Waals surface area contributed by atoms with Crippen LogP contribution in [0.25, 0.3) is 0 Å². The van der Waals surface area contributed by atoms with E-state index in [4.69, 9.17) is 9.47 Å². The van der Waals surface area contributed by atoms with Crippen molar-refractivity contribution in [1.82, 2.24) is 4.90 Å². The fourth-order valence-corrected chi connectivity index (χ4v) is 4.65. The van der Waals surface area contributed by atoms with Crippen molar-refractivity contribution >= 4 is 0 Å². The molecule has 0 amide bonds. The van der Waals surface area contributed by atoms with E-state index in [0.29, 0.717) is 24.2 Å². The van der Waals surface area contributed by atoms with Gasteiger partial charge < -0.3 is 14.6 Å². The first-order valence-corrected chi connectivity index (χ1v) is 11.6. The minimum atomic E-state index is -0.387. The van der Waals surface area contributed by atoms with Crippen molar-refractivity contribution in [2.45, 2.75) is 97.4 Å². The number of ether oxygens (including phenoxy) is 2. The molecule has 2 rings (SSSR count). The van der Waals surface area contributed by atoms with Crippen molar-refractivity contribution in [3.05, 3.63) is 12.2 Å². The molecule has 0 aromatic rings. The lowest BCUT2D eigenvalue weighted by atomic mass is 9.69. The van der Waals surface area contributed by atoms with Gasteiger partial charge in [0.1, 0.15) is 0 Å². The number of rotatable bonds is 12. The van der Waals surface area contributed by atoms with Crippen LogP contribution in [0.4, 0.5) is 0 Å². The van der Waals surface area contributed by atoms with Gasteiger partial charge in [-0.05, 0) is 63.2 Å². The first-order valence-electron chi connectivity index (χ1n) is 11.6. The van der Waals surface area contributed by atoms with Crippen LogP contribution in [0.5, 0.6) is 0 Å². The second-order valence-corrected chi connectivity index (χ2v) is 9.92. The number of aliphatic hydroxyl groups is 1. The summed E-state index contributed by atoms with van der Waals surface area (Å²) in [4.78, 5) is 2.37. The molecule has 164 valence electrons. The molecule has 0 bridgehead atoms. The molecular formula is C24H45NO3. The van der Waals surface area contributed by atoms with Crippen LogP contribution in [0.15, 0.2) is 12.2 Å². The molecule has 1 saturated carbocycles. The van der Waals surface area contributed by atoms with Gasteiger partial charge in [-0.15, -0.1) is 0 Å². The second kappa shape index (κ2) is 11.7. The summed E-state index contributed by atoms with van der Waals surface area (Å²) in [6, 6.07) is 0. The molecule has 1 heterocycles. The van der Waals surface area contributed by atoms with Gasteiger partial charge in [0.05, 0.1) is 24.9 Å². The summed E-state index contributed by atoms with van der Waals surface area (Å²) in [5, 5.41) is 10.4. The Balaban J connectivity index is 1.65. The zero-order chi connectivity index (χ0) is 20.6. The summed E-state index contributed by atoms with van der Waals surface area (Å²) < 4.78 is 11.9. The SMILES string of the molecule is C=C(C)CN(CCC(O)COC1CCC(C(C)(C)CC)CC1)CC1CCCO1. The lowest BCUT2D eigenvalue weighted by Gasteiger charge is -2.39. The average Bonchev–Trinajstić information content (AvgIpc) is 3.17. The predicted octanol–water partition coefficient (Wildman–Crippen LogP) is 4.81. The average molecular weight is 396 g/mol. The quantitative estimate of drug-likeness (QED) is 0.482. The number of hydrogen-bond donors (Lipinski definition) is 1. The summed E-state index contributed by atoms with van der Waals surface area (Å²) in [5.74, 6) is 0.816. The van der Waals surface area contributed by atoms with Crippen LogP contribution in [0, 0.1) is 11.3 Å². The molecule has 4 nitrogen and oxygen atoms in total. The molecule has 2 aliphatic rings. The van der Waals surface area contributed by atoms with E-state index >= 15 is 0 Å². The van der Waals surface area contributed by atoms with Crippen molar-refractivity contribution in [3.63, 3.8) is 0 Å². The Kier molecular flexibility index (Phi) is 9.96. The van der Waals surface area contributed by atoms with Gasteiger partial charge in [-0.25, -0.2) is 0 Å². The standard InChI is InChI=1S/C24H45NO3/c1-6-24(4,5)20-9-11-22(12-10-20)28-18-21(26)13-14-25(16-19(2)3)17-23-8-7-15-27-23/h20-23,26H,2,6-18H2,1,3-5H3. The summed E-state index contributed by atoms with van der Waals surface area (Å²) >= 11 is 0. The molecule has 2 atom stereocenters. The van der Waals surface area contributed by atoms with E-state index in [-0.39, 0.29) is 6.10 Å². The highest BCUT2D eigenvalue weighted by Gasteiger charge is 2.32. The van der Waals surface area contributed by atoms with Crippen LogP contribution in [-0.4, -0.2) is 61.2 Å². The maximum absolute atomic E-state index is 10.4. The Morgan fingerprint density at radius 2 is 1.96 bits per heavy atom. The molecule has 1 N–H and O–H groups in total. The van der Waals surface area contributed by atoms with Crippen molar-refractivity contribution in [2.24, 2.45) is 11.3 Å². The van der Waals surface area contributed by atoms with E-state index in [1.807, 2.05) is 0 Å². The Hall–Kier alpha value is -0.420. The van der Waals surface area contributed by atoms with Crippen LogP contribution in [0.3, 0.4) is 0 Å². The van der Waals surface area contributed by atoms with Gasteiger partial charge in [0.2, 0.25) is 0 Å². The van der Waals surface area contributed by atoms with Gasteiger partial charge in [0.25, 0.3) is 0 Å². The highest BCUT2D eigenvalue weighted by molar-refractivity contribution is 4.92. The van der Waals surface area contributed by atoms with Crippen LogP contribution in [0.2, 0.25) is 0 Å². The lowest BCUT2D eigenvalue weighted by molar-refractivity contribution is -0.0422. The Morgan fingerprint density at radius 1 is 1.25 bits per heavy atom. The third-order valence-corrected chi connectivity index (χ3v) is 6.97. The Morgan fingerprint density at radius 3 is 2.54 bits per heavy atom. The van der Waals surface area contributed by atoms with E-state index in [9.17, 15) is 5.11 Å². The van der Waals surface area contributed by atoms with Crippen molar-refractivity contribution in [2.75, 3.05) is 32.8 Å². The molecule has 28 heavy (non-hydrogen) atoms. The van der Waals surface area contributed by atoms with Gasteiger partial charge in [-0.1, -0.05) is 39.3 Å². The fraction of sp³-hybridized carbons (Fsp3) is 0.917. The summed E-state index contributed by atoms with van der Waals surface area (Å²) in [5.41, 5.74) is 1.61. The highest BCUT2D eigenvalue weighted by Crippen LogP contribution is 2.41. The minimum Gasteiger partial charge on any atom is -0.391 e. The molecule has 0 spiro atoms. The predicted molar refractivity (Wildman–Crippen MR) is 117 cm³/mol. The molecular weight excluding hydrogens is 350 g/mol. The van der Waals surface area contributed by atoms with Gasteiger partial charge >= 0.3 is 0 Å². The number of aliphatic hydroxyl groups excluding tert-OH is 1. The molecule has 0 aromatic heterocycles. The first kappa shape index (κ1) is 23.9. The molecule has 0 radical (unpaired) electrons. The van der Waals surface area contributed by atoms with Gasteiger partial charge in [-0.3, -0.25) is 4.90 Å². The maximum atomic E-state index is 10.4. The van der Waals surface area contributed by atoms with Gasteiger partial charge in [0.15, 0.2) is 0 Å². The zero-order valence-corrected chi connectivity index (χ0v) is 18.9. The van der Waals surface area contributed by atoms with E-state index in [1.54, 1.807) is 0 Å². The van der Waals surface area contributed by atoms with E-state index in [1.165, 1.54) is 25.7 Å².